The first-order chi connectivity index (χ1) is 13.1. The van der Waals surface area contributed by atoms with Gasteiger partial charge in [-0.3, -0.25) is 4.99 Å². The van der Waals surface area contributed by atoms with E-state index in [4.69, 9.17) is 15.2 Å². The highest BCUT2D eigenvalue weighted by Gasteiger charge is 2.19. The summed E-state index contributed by atoms with van der Waals surface area (Å²) >= 11 is 0. The molecule has 1 aromatic carbocycles. The van der Waals surface area contributed by atoms with Crippen LogP contribution in [0.4, 0.5) is 17.3 Å². The van der Waals surface area contributed by atoms with Gasteiger partial charge >= 0.3 is 6.01 Å². The Hall–Kier alpha value is -2.71. The summed E-state index contributed by atoms with van der Waals surface area (Å²) in [6.45, 7) is 6.97. The number of aliphatic hydroxyl groups is 1. The first kappa shape index (κ1) is 20.6. The fourth-order valence-corrected chi connectivity index (χ4v) is 2.49. The number of anilines is 2. The van der Waals surface area contributed by atoms with Crippen LogP contribution in [0.15, 0.2) is 29.3 Å². The third kappa shape index (κ3) is 5.63. The Labute approximate surface area is 159 Å². The number of nitrogens with zero attached hydrogens (tertiary/aromatic N) is 4. The van der Waals surface area contributed by atoms with E-state index >= 15 is 0 Å². The minimum Gasteiger partial charge on any atom is -0.463 e. The van der Waals surface area contributed by atoms with Crippen molar-refractivity contribution >= 4 is 24.0 Å². The van der Waals surface area contributed by atoms with Gasteiger partial charge in [0, 0.05) is 13.7 Å². The molecule has 0 aliphatic heterocycles. The lowest BCUT2D eigenvalue weighted by Gasteiger charge is -2.25. The molecule has 0 spiro atoms. The monoisotopic (exact) mass is 373 g/mol. The van der Waals surface area contributed by atoms with Gasteiger partial charge in [0.25, 0.3) is 0 Å². The van der Waals surface area contributed by atoms with Crippen molar-refractivity contribution in [3.05, 3.63) is 35.4 Å². The summed E-state index contributed by atoms with van der Waals surface area (Å²) in [6, 6.07) is 7.85. The maximum atomic E-state index is 9.20. The lowest BCUT2D eigenvalue weighted by Crippen LogP contribution is -2.26. The van der Waals surface area contributed by atoms with Crippen LogP contribution in [0.3, 0.4) is 0 Å². The predicted octanol–water partition coefficient (Wildman–Crippen LogP) is 2.67. The molecule has 0 aliphatic rings. The number of rotatable bonds is 11. The van der Waals surface area contributed by atoms with E-state index in [1.165, 1.54) is 0 Å². The largest absolute Gasteiger partial charge is 0.463 e. The molecule has 1 heterocycles. The lowest BCUT2D eigenvalue weighted by atomic mass is 10.1. The molecule has 2 aromatic rings. The van der Waals surface area contributed by atoms with Gasteiger partial charge in [-0.25, -0.2) is 0 Å². The van der Waals surface area contributed by atoms with Crippen molar-refractivity contribution in [3.63, 3.8) is 0 Å². The van der Waals surface area contributed by atoms with E-state index in [9.17, 15) is 5.11 Å². The molecule has 0 saturated heterocycles. The van der Waals surface area contributed by atoms with Gasteiger partial charge in [0.05, 0.1) is 13.2 Å². The van der Waals surface area contributed by atoms with Crippen molar-refractivity contribution in [1.82, 2.24) is 9.97 Å². The molecular weight excluding hydrogens is 346 g/mol. The lowest BCUT2D eigenvalue weighted by molar-refractivity contribution is 0.195. The molecule has 0 aliphatic carbocycles. The van der Waals surface area contributed by atoms with Gasteiger partial charge in [-0.05, 0) is 24.3 Å². The Morgan fingerprint density at radius 2 is 1.93 bits per heavy atom. The minimum absolute atomic E-state index is 0.00744. The van der Waals surface area contributed by atoms with Crippen molar-refractivity contribution in [1.29, 1.82) is 0 Å². The molecule has 0 unspecified atom stereocenters. The number of hydrogen-bond donors (Lipinski definition) is 2. The zero-order valence-corrected chi connectivity index (χ0v) is 15.9. The normalized spacial score (nSPS) is 10.6. The second-order valence-corrected chi connectivity index (χ2v) is 6.01. The highest BCUT2D eigenvalue weighted by molar-refractivity contribution is 5.75. The Balaban J connectivity index is 2.33. The van der Waals surface area contributed by atoms with Crippen LogP contribution < -0.4 is 15.4 Å². The minimum atomic E-state index is 0.00744. The summed E-state index contributed by atoms with van der Waals surface area (Å²) in [5.74, 6) is 0.704. The van der Waals surface area contributed by atoms with Crippen LogP contribution >= 0.6 is 0 Å². The number of aliphatic hydroxyl groups excluding tert-OH is 1. The Morgan fingerprint density at radius 1 is 1.22 bits per heavy atom. The number of benzene rings is 1. The van der Waals surface area contributed by atoms with Gasteiger partial charge in [-0.15, -0.1) is 0 Å². The van der Waals surface area contributed by atoms with Gasteiger partial charge in [0.1, 0.15) is 12.4 Å². The van der Waals surface area contributed by atoms with Crippen molar-refractivity contribution in [3.8, 4) is 6.01 Å². The zero-order valence-electron chi connectivity index (χ0n) is 15.9. The van der Waals surface area contributed by atoms with Gasteiger partial charge in [-0.2, -0.15) is 9.97 Å². The highest BCUT2D eigenvalue weighted by Crippen LogP contribution is 2.33. The van der Waals surface area contributed by atoms with Crippen molar-refractivity contribution in [2.75, 3.05) is 31.1 Å². The zero-order chi connectivity index (χ0) is 19.6. The number of methoxy groups -OCH3 is 1. The topological polar surface area (TPSA) is 106 Å². The molecule has 2 rings (SSSR count). The van der Waals surface area contributed by atoms with E-state index in [2.05, 4.69) is 28.6 Å². The second-order valence-electron chi connectivity index (χ2n) is 6.01. The van der Waals surface area contributed by atoms with Crippen LogP contribution in [-0.4, -0.2) is 42.2 Å². The fraction of sp³-hybridized carbons (Fsp3) is 0.421. The predicted molar refractivity (Wildman–Crippen MR) is 106 cm³/mol. The van der Waals surface area contributed by atoms with Crippen LogP contribution in [0.25, 0.3) is 0 Å². The van der Waals surface area contributed by atoms with Crippen LogP contribution in [0.1, 0.15) is 30.9 Å². The van der Waals surface area contributed by atoms with E-state index in [0.717, 1.165) is 24.0 Å². The molecule has 0 fully saturated rings. The Morgan fingerprint density at radius 3 is 2.52 bits per heavy atom. The first-order valence-electron chi connectivity index (χ1n) is 8.82. The first-order valence-corrected chi connectivity index (χ1v) is 8.82. The van der Waals surface area contributed by atoms with E-state index in [0.29, 0.717) is 24.7 Å². The van der Waals surface area contributed by atoms with Crippen LogP contribution in [0.5, 0.6) is 6.01 Å². The quantitative estimate of drug-likeness (QED) is 0.354. The average Bonchev–Trinajstić information content (AvgIpc) is 2.68. The number of unbranched alkanes of at least 4 members (excludes halogenated alkanes) is 1. The summed E-state index contributed by atoms with van der Waals surface area (Å²) in [6.07, 6.45) is 1.91. The maximum Gasteiger partial charge on any atom is 0.320 e. The second kappa shape index (κ2) is 10.4. The summed E-state index contributed by atoms with van der Waals surface area (Å²) in [4.78, 5) is 14.5. The molecule has 27 heavy (non-hydrogen) atoms. The molecule has 0 saturated carbocycles. The van der Waals surface area contributed by atoms with Crippen molar-refractivity contribution in [2.24, 2.45) is 4.99 Å². The number of nitrogen functional groups attached to an aromatic ring is 1. The number of hydrogen-bond acceptors (Lipinski definition) is 8. The molecule has 3 N–H and O–H groups in total. The summed E-state index contributed by atoms with van der Waals surface area (Å²) < 4.78 is 11.0. The summed E-state index contributed by atoms with van der Waals surface area (Å²) in [7, 11) is 1.60. The smallest absolute Gasteiger partial charge is 0.320 e. The molecule has 0 bridgehead atoms. The molecule has 146 valence electrons. The third-order valence-electron chi connectivity index (χ3n) is 3.92. The molecular formula is C19H27N5O3. The fourth-order valence-electron chi connectivity index (χ4n) is 2.49. The van der Waals surface area contributed by atoms with Gasteiger partial charge in [-0.1, -0.05) is 37.6 Å². The Bertz CT molecular complexity index is 737. The molecule has 8 nitrogen and oxygen atoms in total. The van der Waals surface area contributed by atoms with Crippen LogP contribution in [-0.2, 0) is 17.9 Å². The average molecular weight is 373 g/mol. The summed E-state index contributed by atoms with van der Waals surface area (Å²) in [5.41, 5.74) is 8.30. The van der Waals surface area contributed by atoms with Gasteiger partial charge < -0.3 is 25.2 Å². The number of ether oxygens (including phenoxy) is 2. The standard InChI is InChI=1S/C19H27N5O3/c1-4-5-10-27-19-22-17(20)16(21-2)18(23-19)24(13-26-3)11-14-6-8-15(12-25)9-7-14/h6-9,25H,2,4-5,10-13H2,1,3H3,(H2,20,22,23). The molecule has 8 heteroatoms. The molecule has 0 amide bonds. The van der Waals surface area contributed by atoms with Crippen LogP contribution in [0.2, 0.25) is 0 Å². The van der Waals surface area contributed by atoms with Gasteiger partial charge in [0.2, 0.25) is 0 Å². The number of aliphatic imine (C=N–C) groups is 1. The Kier molecular flexibility index (Phi) is 7.97. The number of nitrogens with two attached hydrogens (primary N) is 1. The van der Waals surface area contributed by atoms with E-state index in [1.807, 2.05) is 29.2 Å². The van der Waals surface area contributed by atoms with Crippen LogP contribution in [0, 0.1) is 0 Å². The molecule has 1 aromatic heterocycles. The van der Waals surface area contributed by atoms with E-state index in [-0.39, 0.29) is 25.2 Å². The molecule has 0 atom stereocenters. The SMILES string of the molecule is C=Nc1c(N)nc(OCCCC)nc1N(COC)Cc1ccc(CO)cc1. The maximum absolute atomic E-state index is 9.20. The van der Waals surface area contributed by atoms with E-state index in [1.54, 1.807) is 7.11 Å². The molecule has 0 radical (unpaired) electrons. The third-order valence-corrected chi connectivity index (χ3v) is 3.92. The van der Waals surface area contributed by atoms with Gasteiger partial charge in [0.15, 0.2) is 11.6 Å². The van der Waals surface area contributed by atoms with E-state index < -0.39 is 0 Å². The summed E-state index contributed by atoms with van der Waals surface area (Å²) in [5, 5.41) is 9.20. The van der Waals surface area contributed by atoms with Crippen molar-refractivity contribution in [2.45, 2.75) is 32.9 Å². The highest BCUT2D eigenvalue weighted by atomic mass is 16.5. The van der Waals surface area contributed by atoms with Crippen molar-refractivity contribution < 1.29 is 14.6 Å². The number of aromatic nitrogens is 2.